The van der Waals surface area contributed by atoms with Gasteiger partial charge in [0.25, 0.3) is 0 Å². The van der Waals surface area contributed by atoms with Crippen molar-refractivity contribution in [2.45, 2.75) is 25.8 Å². The maximum absolute atomic E-state index is 3.65. The van der Waals surface area contributed by atoms with Gasteiger partial charge in [0.1, 0.15) is 0 Å². The predicted octanol–water partition coefficient (Wildman–Crippen LogP) is 5.64. The van der Waals surface area contributed by atoms with Gasteiger partial charge in [0, 0.05) is 8.95 Å². The van der Waals surface area contributed by atoms with Crippen LogP contribution in [0.2, 0.25) is 0 Å². The van der Waals surface area contributed by atoms with Crippen molar-refractivity contribution >= 4 is 31.9 Å². The second-order valence-corrected chi connectivity index (χ2v) is 6.98. The number of hydrogen-bond donors (Lipinski definition) is 1. The second-order valence-electron chi connectivity index (χ2n) is 5.21. The van der Waals surface area contributed by atoms with Gasteiger partial charge >= 0.3 is 0 Å². The number of halogens is 2. The van der Waals surface area contributed by atoms with Gasteiger partial charge in [-0.05, 0) is 47.9 Å². The minimum Gasteiger partial charge on any atom is -0.309 e. The molecule has 0 saturated carbocycles. The summed E-state index contributed by atoms with van der Waals surface area (Å²) in [6.45, 7) is 4.44. The van der Waals surface area contributed by atoms with Crippen molar-refractivity contribution in [2.24, 2.45) is 0 Å². The van der Waals surface area contributed by atoms with Gasteiger partial charge < -0.3 is 5.32 Å². The van der Waals surface area contributed by atoms with Crippen molar-refractivity contribution in [1.82, 2.24) is 5.32 Å². The zero-order chi connectivity index (χ0) is 14.7. The summed E-state index contributed by atoms with van der Waals surface area (Å²) in [4.78, 5) is 0. The average Bonchev–Trinajstić information content (AvgIpc) is 2.44. The van der Waals surface area contributed by atoms with Gasteiger partial charge in [0.05, 0.1) is 6.04 Å². The van der Waals surface area contributed by atoms with Crippen LogP contribution in [0.1, 0.15) is 42.5 Å². The highest BCUT2D eigenvalue weighted by atomic mass is 79.9. The summed E-state index contributed by atoms with van der Waals surface area (Å²) in [5.41, 5.74) is 3.88. The Kier molecular flexibility index (Phi) is 5.42. The molecule has 0 aliphatic heterocycles. The predicted molar refractivity (Wildman–Crippen MR) is 93.3 cm³/mol. The molecule has 0 bridgehead atoms. The molecule has 0 aliphatic rings. The maximum atomic E-state index is 3.65. The van der Waals surface area contributed by atoms with Crippen LogP contribution < -0.4 is 5.32 Å². The third kappa shape index (κ3) is 3.51. The Morgan fingerprint density at radius 3 is 2.05 bits per heavy atom. The first-order valence-electron chi connectivity index (χ1n) is 6.75. The van der Waals surface area contributed by atoms with Gasteiger partial charge in [-0.3, -0.25) is 0 Å². The van der Waals surface area contributed by atoms with Crippen molar-refractivity contribution < 1.29 is 0 Å². The number of rotatable bonds is 4. The molecule has 106 valence electrons. The fraction of sp³-hybridized carbons (Fsp3) is 0.294. The SMILES string of the molecule is CNC(c1ccc(C(C)C)cc1)c1cc(Br)ccc1Br. The summed E-state index contributed by atoms with van der Waals surface area (Å²) >= 11 is 7.19. The van der Waals surface area contributed by atoms with Gasteiger partial charge in [0.2, 0.25) is 0 Å². The Labute approximate surface area is 138 Å². The Morgan fingerprint density at radius 2 is 1.50 bits per heavy atom. The summed E-state index contributed by atoms with van der Waals surface area (Å²) in [6.07, 6.45) is 0. The highest BCUT2D eigenvalue weighted by Gasteiger charge is 2.15. The molecule has 0 heterocycles. The smallest absolute Gasteiger partial charge is 0.0585 e. The Hall–Kier alpha value is -0.640. The molecule has 1 N–H and O–H groups in total. The summed E-state index contributed by atoms with van der Waals surface area (Å²) in [5.74, 6) is 0.565. The molecule has 2 aromatic rings. The molecule has 2 rings (SSSR count). The molecule has 0 amide bonds. The molecular weight excluding hydrogens is 378 g/mol. The average molecular weight is 397 g/mol. The molecule has 3 heteroatoms. The molecule has 2 aromatic carbocycles. The normalized spacial score (nSPS) is 12.7. The molecule has 1 nitrogen and oxygen atoms in total. The van der Waals surface area contributed by atoms with Crippen LogP contribution in [-0.4, -0.2) is 7.05 Å². The van der Waals surface area contributed by atoms with E-state index in [1.54, 1.807) is 0 Å². The van der Waals surface area contributed by atoms with Gasteiger partial charge in [-0.15, -0.1) is 0 Å². The highest BCUT2D eigenvalue weighted by molar-refractivity contribution is 9.11. The minimum absolute atomic E-state index is 0.183. The lowest BCUT2D eigenvalue weighted by Crippen LogP contribution is -2.18. The van der Waals surface area contributed by atoms with Crippen LogP contribution in [0.15, 0.2) is 51.4 Å². The molecule has 1 unspecified atom stereocenters. The van der Waals surface area contributed by atoms with Crippen LogP contribution in [0, 0.1) is 0 Å². The van der Waals surface area contributed by atoms with Crippen molar-refractivity contribution in [3.05, 3.63) is 68.1 Å². The van der Waals surface area contributed by atoms with E-state index in [0.29, 0.717) is 5.92 Å². The van der Waals surface area contributed by atoms with Crippen LogP contribution in [0.4, 0.5) is 0 Å². The lowest BCUT2D eigenvalue weighted by Gasteiger charge is -2.20. The summed E-state index contributed by atoms with van der Waals surface area (Å²) < 4.78 is 2.21. The van der Waals surface area contributed by atoms with Crippen LogP contribution in [0.3, 0.4) is 0 Å². The number of nitrogens with one attached hydrogen (secondary N) is 1. The first kappa shape index (κ1) is 15.7. The maximum Gasteiger partial charge on any atom is 0.0585 e. The van der Waals surface area contributed by atoms with E-state index in [1.165, 1.54) is 16.7 Å². The quantitative estimate of drug-likeness (QED) is 0.704. The van der Waals surface area contributed by atoms with Crippen molar-refractivity contribution in [3.63, 3.8) is 0 Å². The first-order valence-corrected chi connectivity index (χ1v) is 8.33. The lowest BCUT2D eigenvalue weighted by molar-refractivity contribution is 0.687. The van der Waals surface area contributed by atoms with Crippen molar-refractivity contribution in [2.75, 3.05) is 7.05 Å². The zero-order valence-corrected chi connectivity index (χ0v) is 15.1. The molecular formula is C17H19Br2N. The van der Waals surface area contributed by atoms with Crippen molar-refractivity contribution in [1.29, 1.82) is 0 Å². The third-order valence-electron chi connectivity index (χ3n) is 3.49. The van der Waals surface area contributed by atoms with Crippen molar-refractivity contribution in [3.8, 4) is 0 Å². The van der Waals surface area contributed by atoms with E-state index >= 15 is 0 Å². The van der Waals surface area contributed by atoms with Crippen LogP contribution in [-0.2, 0) is 0 Å². The summed E-state index contributed by atoms with van der Waals surface area (Å²) in [6, 6.07) is 15.3. The Morgan fingerprint density at radius 1 is 0.900 bits per heavy atom. The molecule has 0 spiro atoms. The number of benzene rings is 2. The topological polar surface area (TPSA) is 12.0 Å². The number of hydrogen-bond acceptors (Lipinski definition) is 1. The summed E-state index contributed by atoms with van der Waals surface area (Å²) in [7, 11) is 1.99. The summed E-state index contributed by atoms with van der Waals surface area (Å²) in [5, 5.41) is 3.40. The fourth-order valence-corrected chi connectivity index (χ4v) is 3.17. The third-order valence-corrected chi connectivity index (χ3v) is 4.71. The second kappa shape index (κ2) is 6.88. The van der Waals surface area contributed by atoms with Crippen LogP contribution >= 0.6 is 31.9 Å². The van der Waals surface area contributed by atoms with Gasteiger partial charge in [-0.1, -0.05) is 70.0 Å². The fourth-order valence-electron chi connectivity index (χ4n) is 2.31. The Bertz CT molecular complexity index is 576. The zero-order valence-electron chi connectivity index (χ0n) is 12.0. The minimum atomic E-state index is 0.183. The van der Waals surface area contributed by atoms with E-state index < -0.39 is 0 Å². The standard InChI is InChI=1S/C17H19Br2N/c1-11(2)12-4-6-13(7-5-12)17(20-3)15-10-14(18)8-9-16(15)19/h4-11,17,20H,1-3H3. The van der Waals surface area contributed by atoms with E-state index in [2.05, 4.69) is 87.4 Å². The molecule has 1 atom stereocenters. The molecule has 0 radical (unpaired) electrons. The van der Waals surface area contributed by atoms with E-state index in [4.69, 9.17) is 0 Å². The van der Waals surface area contributed by atoms with E-state index in [1.807, 2.05) is 13.1 Å². The van der Waals surface area contributed by atoms with Crippen LogP contribution in [0.5, 0.6) is 0 Å². The highest BCUT2D eigenvalue weighted by Crippen LogP contribution is 2.31. The monoisotopic (exact) mass is 395 g/mol. The van der Waals surface area contributed by atoms with E-state index in [-0.39, 0.29) is 6.04 Å². The molecule has 0 saturated heterocycles. The molecule has 20 heavy (non-hydrogen) atoms. The van der Waals surface area contributed by atoms with Gasteiger partial charge in [-0.2, -0.15) is 0 Å². The molecule has 0 aliphatic carbocycles. The van der Waals surface area contributed by atoms with Gasteiger partial charge in [0.15, 0.2) is 0 Å². The lowest BCUT2D eigenvalue weighted by atomic mass is 9.95. The molecule has 0 fully saturated rings. The van der Waals surface area contributed by atoms with E-state index in [0.717, 1.165) is 8.95 Å². The molecule has 0 aromatic heterocycles. The Balaban J connectivity index is 2.39. The largest absolute Gasteiger partial charge is 0.309 e. The van der Waals surface area contributed by atoms with Crippen LogP contribution in [0.25, 0.3) is 0 Å². The first-order chi connectivity index (χ1) is 9.52. The van der Waals surface area contributed by atoms with Gasteiger partial charge in [-0.25, -0.2) is 0 Å². The van der Waals surface area contributed by atoms with E-state index in [9.17, 15) is 0 Å².